The average molecular weight is 270 g/mol. The summed E-state index contributed by atoms with van der Waals surface area (Å²) in [6, 6.07) is 3.60. The van der Waals surface area contributed by atoms with Crippen LogP contribution in [0.4, 0.5) is 10.1 Å². The molecule has 0 aliphatic rings. The van der Waals surface area contributed by atoms with E-state index in [-0.39, 0.29) is 24.4 Å². The summed E-state index contributed by atoms with van der Waals surface area (Å²) in [7, 11) is 1.44. The van der Waals surface area contributed by atoms with Crippen molar-refractivity contribution in [3.05, 3.63) is 29.6 Å². The lowest BCUT2D eigenvalue weighted by Gasteiger charge is -2.20. The van der Waals surface area contributed by atoms with E-state index in [0.29, 0.717) is 0 Å². The zero-order chi connectivity index (χ0) is 14.4. The number of carbonyl (C=O) groups excluding carboxylic acids is 1. The molecule has 1 aromatic carbocycles. The summed E-state index contributed by atoms with van der Waals surface area (Å²) in [5, 5.41) is 8.75. The molecule has 7 heteroatoms. The number of halogens is 1. The molecule has 1 rings (SSSR count). The minimum Gasteiger partial charge on any atom is -0.480 e. The van der Waals surface area contributed by atoms with Crippen LogP contribution in [-0.2, 0) is 9.53 Å². The summed E-state index contributed by atoms with van der Waals surface area (Å²) < 4.78 is 18.1. The number of nitrogen functional groups attached to an aromatic ring is 1. The molecule has 0 aliphatic carbocycles. The van der Waals surface area contributed by atoms with Crippen molar-refractivity contribution in [1.29, 1.82) is 0 Å². The van der Waals surface area contributed by atoms with Crippen molar-refractivity contribution < 1.29 is 23.8 Å². The number of nitrogens with two attached hydrogens (primary N) is 1. The second-order valence-electron chi connectivity index (χ2n) is 3.85. The highest BCUT2D eigenvalue weighted by atomic mass is 19.1. The molecule has 1 amide bonds. The van der Waals surface area contributed by atoms with Crippen LogP contribution >= 0.6 is 0 Å². The molecule has 0 atom stereocenters. The quantitative estimate of drug-likeness (QED) is 0.738. The van der Waals surface area contributed by atoms with Gasteiger partial charge in [-0.2, -0.15) is 0 Å². The Labute approximate surface area is 109 Å². The van der Waals surface area contributed by atoms with Gasteiger partial charge < -0.3 is 20.5 Å². The number of amides is 1. The summed E-state index contributed by atoms with van der Waals surface area (Å²) in [6.45, 7) is -0.182. The Morgan fingerprint density at radius 1 is 1.47 bits per heavy atom. The predicted octanol–water partition coefficient (Wildman–Crippen LogP) is 0.581. The molecule has 6 nitrogen and oxygen atoms in total. The van der Waals surface area contributed by atoms with Gasteiger partial charge in [-0.25, -0.2) is 4.39 Å². The maximum atomic E-state index is 13.3. The molecule has 3 N–H and O–H groups in total. The van der Waals surface area contributed by atoms with Gasteiger partial charge in [-0.1, -0.05) is 0 Å². The van der Waals surface area contributed by atoms with Gasteiger partial charge >= 0.3 is 5.97 Å². The smallest absolute Gasteiger partial charge is 0.323 e. The molecular formula is C12H15FN2O4. The van der Waals surface area contributed by atoms with Crippen LogP contribution in [0.25, 0.3) is 0 Å². The number of benzene rings is 1. The number of carbonyl (C=O) groups is 2. The SMILES string of the molecule is COCCN(CC(=O)O)C(=O)c1ccc(N)c(F)c1. The number of hydrogen-bond acceptors (Lipinski definition) is 4. The molecule has 19 heavy (non-hydrogen) atoms. The van der Waals surface area contributed by atoms with Crippen LogP contribution in [-0.4, -0.2) is 48.7 Å². The van der Waals surface area contributed by atoms with Crippen molar-refractivity contribution in [1.82, 2.24) is 4.90 Å². The predicted molar refractivity (Wildman–Crippen MR) is 66.2 cm³/mol. The van der Waals surface area contributed by atoms with Gasteiger partial charge in [0.05, 0.1) is 12.3 Å². The summed E-state index contributed by atoms with van der Waals surface area (Å²) in [6.07, 6.45) is 0. The Bertz CT molecular complexity index is 479. The van der Waals surface area contributed by atoms with Gasteiger partial charge in [0.2, 0.25) is 0 Å². The van der Waals surface area contributed by atoms with E-state index in [1.165, 1.54) is 19.2 Å². The van der Waals surface area contributed by atoms with Gasteiger partial charge in [0.15, 0.2) is 0 Å². The summed E-state index contributed by atoms with van der Waals surface area (Å²) in [4.78, 5) is 23.8. The third kappa shape index (κ3) is 4.22. The summed E-state index contributed by atoms with van der Waals surface area (Å²) in [5.74, 6) is -2.45. The van der Waals surface area contributed by atoms with Crippen LogP contribution < -0.4 is 5.73 Å². The summed E-state index contributed by atoms with van der Waals surface area (Å²) >= 11 is 0. The highest BCUT2D eigenvalue weighted by Gasteiger charge is 2.19. The molecule has 0 aliphatic heterocycles. The first kappa shape index (κ1) is 14.9. The average Bonchev–Trinajstić information content (AvgIpc) is 2.36. The van der Waals surface area contributed by atoms with Crippen molar-refractivity contribution in [3.8, 4) is 0 Å². The number of methoxy groups -OCH3 is 1. The number of ether oxygens (including phenoxy) is 1. The molecule has 0 saturated carbocycles. The molecule has 0 bridgehead atoms. The van der Waals surface area contributed by atoms with Gasteiger partial charge in [-0.3, -0.25) is 9.59 Å². The minimum atomic E-state index is -1.15. The fourth-order valence-electron chi connectivity index (χ4n) is 1.46. The molecule has 104 valence electrons. The van der Waals surface area contributed by atoms with Crippen molar-refractivity contribution in [2.45, 2.75) is 0 Å². The van der Waals surface area contributed by atoms with Crippen molar-refractivity contribution in [2.24, 2.45) is 0 Å². The molecule has 0 aromatic heterocycles. The second-order valence-corrected chi connectivity index (χ2v) is 3.85. The first-order valence-electron chi connectivity index (χ1n) is 5.50. The van der Waals surface area contributed by atoms with E-state index in [1.807, 2.05) is 0 Å². The number of rotatable bonds is 6. The lowest BCUT2D eigenvalue weighted by molar-refractivity contribution is -0.137. The number of nitrogens with zero attached hydrogens (tertiary/aromatic N) is 1. The van der Waals surface area contributed by atoms with Gasteiger partial charge in [0.1, 0.15) is 12.4 Å². The zero-order valence-corrected chi connectivity index (χ0v) is 10.4. The molecule has 0 radical (unpaired) electrons. The van der Waals surface area contributed by atoms with E-state index in [1.54, 1.807) is 0 Å². The lowest BCUT2D eigenvalue weighted by Crippen LogP contribution is -2.38. The highest BCUT2D eigenvalue weighted by Crippen LogP contribution is 2.13. The number of anilines is 1. The minimum absolute atomic E-state index is 0.0454. The van der Waals surface area contributed by atoms with Crippen LogP contribution in [0.2, 0.25) is 0 Å². The summed E-state index contributed by atoms with van der Waals surface area (Å²) in [5.41, 5.74) is 5.29. The molecular weight excluding hydrogens is 255 g/mol. The van der Waals surface area contributed by atoms with Gasteiger partial charge in [-0.05, 0) is 18.2 Å². The molecule has 0 spiro atoms. The number of aliphatic carboxylic acids is 1. The molecule has 0 saturated heterocycles. The Morgan fingerprint density at radius 3 is 2.68 bits per heavy atom. The van der Waals surface area contributed by atoms with Crippen LogP contribution in [0, 0.1) is 5.82 Å². The Kier molecular flexibility index (Phi) is 5.25. The standard InChI is InChI=1S/C12H15FN2O4/c1-19-5-4-15(7-11(16)17)12(18)8-2-3-10(14)9(13)6-8/h2-3,6H,4-5,7,14H2,1H3,(H,16,17). The first-order valence-corrected chi connectivity index (χ1v) is 5.50. The Morgan fingerprint density at radius 2 is 2.16 bits per heavy atom. The first-order chi connectivity index (χ1) is 8.95. The van der Waals surface area contributed by atoms with Crippen LogP contribution in [0.15, 0.2) is 18.2 Å². The fraction of sp³-hybridized carbons (Fsp3) is 0.333. The maximum absolute atomic E-state index is 13.3. The topological polar surface area (TPSA) is 92.9 Å². The van der Waals surface area contributed by atoms with E-state index in [9.17, 15) is 14.0 Å². The molecule has 0 fully saturated rings. The highest BCUT2D eigenvalue weighted by molar-refractivity contribution is 5.96. The molecule has 0 unspecified atom stereocenters. The van der Waals surface area contributed by atoms with E-state index in [2.05, 4.69) is 0 Å². The number of carboxylic acids is 1. The number of hydrogen-bond donors (Lipinski definition) is 2. The van der Waals surface area contributed by atoms with Crippen LogP contribution in [0.5, 0.6) is 0 Å². The van der Waals surface area contributed by atoms with Crippen molar-refractivity contribution in [2.75, 3.05) is 32.5 Å². The van der Waals surface area contributed by atoms with E-state index < -0.39 is 24.2 Å². The van der Waals surface area contributed by atoms with Gasteiger partial charge in [-0.15, -0.1) is 0 Å². The Hall–Kier alpha value is -2.15. The fourth-order valence-corrected chi connectivity index (χ4v) is 1.46. The third-order valence-corrected chi connectivity index (χ3v) is 2.43. The monoisotopic (exact) mass is 270 g/mol. The van der Waals surface area contributed by atoms with E-state index in [4.69, 9.17) is 15.6 Å². The van der Waals surface area contributed by atoms with Gasteiger partial charge in [0.25, 0.3) is 5.91 Å². The normalized spacial score (nSPS) is 10.2. The maximum Gasteiger partial charge on any atom is 0.323 e. The van der Waals surface area contributed by atoms with Gasteiger partial charge in [0, 0.05) is 19.2 Å². The third-order valence-electron chi connectivity index (χ3n) is 2.43. The number of carboxylic acid groups (broad SMARTS) is 1. The molecule has 1 aromatic rings. The van der Waals surface area contributed by atoms with Crippen LogP contribution in [0.1, 0.15) is 10.4 Å². The zero-order valence-electron chi connectivity index (χ0n) is 10.4. The Balaban J connectivity index is 2.90. The van der Waals surface area contributed by atoms with Crippen molar-refractivity contribution in [3.63, 3.8) is 0 Å². The van der Waals surface area contributed by atoms with E-state index >= 15 is 0 Å². The van der Waals surface area contributed by atoms with Crippen molar-refractivity contribution >= 4 is 17.6 Å². The molecule has 0 heterocycles. The largest absolute Gasteiger partial charge is 0.480 e. The van der Waals surface area contributed by atoms with Crippen LogP contribution in [0.3, 0.4) is 0 Å². The van der Waals surface area contributed by atoms with E-state index in [0.717, 1.165) is 11.0 Å². The second kappa shape index (κ2) is 6.69. The lowest BCUT2D eigenvalue weighted by atomic mass is 10.1.